The van der Waals surface area contributed by atoms with Crippen molar-refractivity contribution in [2.24, 2.45) is 7.05 Å². The van der Waals surface area contributed by atoms with Gasteiger partial charge in [-0.2, -0.15) is 4.57 Å². The predicted octanol–water partition coefficient (Wildman–Crippen LogP) is 6.64. The van der Waals surface area contributed by atoms with Crippen LogP contribution in [0.15, 0.2) is 42.5 Å². The van der Waals surface area contributed by atoms with Crippen LogP contribution in [0.4, 0.5) is 0 Å². The topological polar surface area (TPSA) is 13.1 Å². The molecule has 2 nitrogen and oxygen atoms in total. The van der Waals surface area contributed by atoms with Crippen molar-refractivity contribution < 1.29 is 9.30 Å². The Labute approximate surface area is 166 Å². The number of hydrogen-bond donors (Lipinski definition) is 0. The molecule has 0 N–H and O–H groups in total. The molecular formula is C26H26NO+. The molecule has 1 aliphatic heterocycles. The second-order valence-electron chi connectivity index (χ2n) is 8.48. The summed E-state index contributed by atoms with van der Waals surface area (Å²) in [4.78, 5) is 0. The highest BCUT2D eigenvalue weighted by atomic mass is 16.5. The van der Waals surface area contributed by atoms with Gasteiger partial charge in [-0.05, 0) is 60.9 Å². The van der Waals surface area contributed by atoms with Crippen molar-refractivity contribution in [1.82, 2.24) is 0 Å². The molecular weight excluding hydrogens is 342 g/mol. The average molecular weight is 369 g/mol. The molecule has 0 bridgehead atoms. The first-order valence-electron chi connectivity index (χ1n) is 10.1. The van der Waals surface area contributed by atoms with Gasteiger partial charge in [-0.25, -0.2) is 0 Å². The standard InChI is InChI=1S/C26H26NO/c1-14(2)22-19-9-7-8-10-20(19)27(6)25-23-17(5)16(4)13-18-11-15(3)12-21(24(18)23)28-26(22)25/h7-14H,1-6H3/q+1. The number of benzene rings is 3. The van der Waals surface area contributed by atoms with E-state index in [0.717, 1.165) is 11.5 Å². The minimum absolute atomic E-state index is 0.367. The van der Waals surface area contributed by atoms with Crippen LogP contribution < -0.4 is 9.30 Å². The fourth-order valence-corrected chi connectivity index (χ4v) is 4.85. The maximum atomic E-state index is 6.69. The number of ether oxygens (including phenoxy) is 1. The van der Waals surface area contributed by atoms with Crippen LogP contribution >= 0.6 is 0 Å². The summed E-state index contributed by atoms with van der Waals surface area (Å²) in [6, 6.07) is 15.4. The molecule has 2 heterocycles. The fraction of sp³-hybridized carbons (Fsp3) is 0.269. The van der Waals surface area contributed by atoms with Gasteiger partial charge in [0.1, 0.15) is 12.8 Å². The molecule has 0 radical (unpaired) electrons. The van der Waals surface area contributed by atoms with Gasteiger partial charge in [0.2, 0.25) is 11.3 Å². The highest BCUT2D eigenvalue weighted by Gasteiger charge is 2.35. The number of pyridine rings is 1. The molecule has 28 heavy (non-hydrogen) atoms. The summed E-state index contributed by atoms with van der Waals surface area (Å²) in [5.74, 6) is 2.37. The number of para-hydroxylation sites is 1. The largest absolute Gasteiger partial charge is 0.449 e. The van der Waals surface area contributed by atoms with Crippen LogP contribution in [0, 0.1) is 20.8 Å². The molecule has 0 amide bonds. The Morgan fingerprint density at radius 1 is 0.964 bits per heavy atom. The number of aromatic nitrogens is 1. The van der Waals surface area contributed by atoms with E-state index >= 15 is 0 Å². The van der Waals surface area contributed by atoms with E-state index in [1.165, 1.54) is 55.2 Å². The summed E-state index contributed by atoms with van der Waals surface area (Å²) in [5.41, 5.74) is 8.96. The van der Waals surface area contributed by atoms with E-state index < -0.39 is 0 Å². The van der Waals surface area contributed by atoms with E-state index in [-0.39, 0.29) is 0 Å². The lowest BCUT2D eigenvalue weighted by Gasteiger charge is -2.26. The molecule has 0 fully saturated rings. The molecule has 0 saturated carbocycles. The predicted molar refractivity (Wildman–Crippen MR) is 116 cm³/mol. The van der Waals surface area contributed by atoms with Gasteiger partial charge in [0.05, 0.1) is 10.9 Å². The summed E-state index contributed by atoms with van der Waals surface area (Å²) in [7, 11) is 2.17. The zero-order chi connectivity index (χ0) is 19.7. The van der Waals surface area contributed by atoms with Gasteiger partial charge >= 0.3 is 0 Å². The molecule has 2 heteroatoms. The van der Waals surface area contributed by atoms with Crippen molar-refractivity contribution in [2.45, 2.75) is 40.5 Å². The highest BCUT2D eigenvalue weighted by molar-refractivity contribution is 6.06. The number of hydrogen-bond acceptors (Lipinski definition) is 1. The smallest absolute Gasteiger partial charge is 0.257 e. The summed E-state index contributed by atoms with van der Waals surface area (Å²) in [6.07, 6.45) is 0. The summed E-state index contributed by atoms with van der Waals surface area (Å²) >= 11 is 0. The number of aryl methyl sites for hydroxylation is 3. The van der Waals surface area contributed by atoms with Gasteiger partial charge in [-0.3, -0.25) is 0 Å². The van der Waals surface area contributed by atoms with E-state index in [0.29, 0.717) is 5.92 Å². The lowest BCUT2D eigenvalue weighted by Crippen LogP contribution is -2.34. The average Bonchev–Trinajstić information content (AvgIpc) is 2.64. The molecule has 140 valence electrons. The Hall–Kier alpha value is -2.87. The van der Waals surface area contributed by atoms with Crippen molar-refractivity contribution in [3.8, 4) is 22.8 Å². The Morgan fingerprint density at radius 2 is 1.71 bits per heavy atom. The van der Waals surface area contributed by atoms with E-state index in [2.05, 4.69) is 88.7 Å². The van der Waals surface area contributed by atoms with Crippen LogP contribution in [-0.4, -0.2) is 0 Å². The van der Waals surface area contributed by atoms with E-state index in [4.69, 9.17) is 4.74 Å². The third kappa shape index (κ3) is 2.18. The van der Waals surface area contributed by atoms with Gasteiger partial charge in [-0.1, -0.05) is 38.1 Å². The summed E-state index contributed by atoms with van der Waals surface area (Å²) in [5, 5.41) is 3.77. The van der Waals surface area contributed by atoms with Crippen LogP contribution in [0.2, 0.25) is 0 Å². The first kappa shape index (κ1) is 17.2. The van der Waals surface area contributed by atoms with Crippen molar-refractivity contribution >= 4 is 21.7 Å². The fourth-order valence-electron chi connectivity index (χ4n) is 4.85. The van der Waals surface area contributed by atoms with E-state index in [1.54, 1.807) is 0 Å². The van der Waals surface area contributed by atoms with Crippen LogP contribution in [0.1, 0.15) is 42.0 Å². The van der Waals surface area contributed by atoms with Gasteiger partial charge < -0.3 is 4.74 Å². The molecule has 0 saturated heterocycles. The molecule has 1 aromatic heterocycles. The van der Waals surface area contributed by atoms with Crippen LogP contribution in [0.25, 0.3) is 32.9 Å². The zero-order valence-corrected chi connectivity index (χ0v) is 17.5. The highest BCUT2D eigenvalue weighted by Crippen LogP contribution is 2.51. The molecule has 5 rings (SSSR count). The van der Waals surface area contributed by atoms with Gasteiger partial charge in [0.15, 0.2) is 0 Å². The Kier molecular flexibility index (Phi) is 3.58. The summed E-state index contributed by atoms with van der Waals surface area (Å²) in [6.45, 7) is 11.1. The molecule has 0 atom stereocenters. The molecule has 0 aliphatic carbocycles. The minimum atomic E-state index is 0.367. The molecule has 0 unspecified atom stereocenters. The van der Waals surface area contributed by atoms with Crippen molar-refractivity contribution in [2.75, 3.05) is 0 Å². The van der Waals surface area contributed by atoms with Gasteiger partial charge in [0, 0.05) is 17.0 Å². The zero-order valence-electron chi connectivity index (χ0n) is 17.5. The van der Waals surface area contributed by atoms with Crippen LogP contribution in [0.5, 0.6) is 11.5 Å². The monoisotopic (exact) mass is 368 g/mol. The molecule has 3 aromatic carbocycles. The maximum absolute atomic E-state index is 6.69. The third-order valence-electron chi connectivity index (χ3n) is 6.24. The van der Waals surface area contributed by atoms with Crippen LogP contribution in [0.3, 0.4) is 0 Å². The third-order valence-corrected chi connectivity index (χ3v) is 6.24. The lowest BCUT2D eigenvalue weighted by molar-refractivity contribution is -0.633. The lowest BCUT2D eigenvalue weighted by atomic mass is 9.87. The van der Waals surface area contributed by atoms with Crippen molar-refractivity contribution in [3.05, 3.63) is 64.7 Å². The normalized spacial score (nSPS) is 12.5. The Balaban J connectivity index is 2.07. The molecule has 0 spiro atoms. The van der Waals surface area contributed by atoms with Crippen molar-refractivity contribution in [3.63, 3.8) is 0 Å². The van der Waals surface area contributed by atoms with Gasteiger partial charge in [0.25, 0.3) is 5.69 Å². The number of fused-ring (bicyclic) bond motifs is 3. The Morgan fingerprint density at radius 3 is 2.46 bits per heavy atom. The quantitative estimate of drug-likeness (QED) is 0.302. The number of rotatable bonds is 1. The second kappa shape index (κ2) is 5.81. The summed E-state index contributed by atoms with van der Waals surface area (Å²) < 4.78 is 9.01. The second-order valence-corrected chi connectivity index (χ2v) is 8.48. The first-order chi connectivity index (χ1) is 13.4. The minimum Gasteiger partial charge on any atom is -0.449 e. The van der Waals surface area contributed by atoms with Gasteiger partial charge in [-0.15, -0.1) is 0 Å². The molecule has 1 aliphatic rings. The van der Waals surface area contributed by atoms with Crippen LogP contribution in [-0.2, 0) is 7.05 Å². The SMILES string of the molecule is Cc1cc2c3c(c(C)c(C)cc3c1)-c1c(c(C(C)C)c3ccccc3[n+]1C)O2. The van der Waals surface area contributed by atoms with Crippen molar-refractivity contribution in [1.29, 1.82) is 0 Å². The van der Waals surface area contributed by atoms with E-state index in [1.807, 2.05) is 0 Å². The van der Waals surface area contributed by atoms with E-state index in [9.17, 15) is 0 Å². The molecule has 4 aromatic rings. The first-order valence-corrected chi connectivity index (χ1v) is 10.1. The number of nitrogens with zero attached hydrogens (tertiary/aromatic N) is 1. The maximum Gasteiger partial charge on any atom is 0.257 e. The Bertz CT molecular complexity index is 1300.